The van der Waals surface area contributed by atoms with Crippen molar-refractivity contribution in [1.29, 1.82) is 0 Å². The number of nitrogens with zero attached hydrogens (tertiary/aromatic N) is 3. The van der Waals surface area contributed by atoms with Gasteiger partial charge in [0.25, 0.3) is 0 Å². The highest BCUT2D eigenvalue weighted by Crippen LogP contribution is 2.20. The number of sulfonamides is 1. The third-order valence-electron chi connectivity index (χ3n) is 2.95. The molecule has 0 radical (unpaired) electrons. The quantitative estimate of drug-likeness (QED) is 0.803. The Labute approximate surface area is 127 Å². The Kier molecular flexibility index (Phi) is 4.94. The summed E-state index contributed by atoms with van der Waals surface area (Å²) in [5.41, 5.74) is 0.481. The van der Waals surface area contributed by atoms with Crippen molar-refractivity contribution < 1.29 is 13.5 Å². The van der Waals surface area contributed by atoms with E-state index in [1.165, 1.54) is 18.2 Å². The van der Waals surface area contributed by atoms with Gasteiger partial charge in [0.05, 0.1) is 11.5 Å². The molecule has 0 aliphatic rings. The van der Waals surface area contributed by atoms with E-state index in [1.807, 2.05) is 0 Å². The van der Waals surface area contributed by atoms with E-state index < -0.39 is 10.0 Å². The molecule has 0 fully saturated rings. The predicted octanol–water partition coefficient (Wildman–Crippen LogP) is 0.482. The van der Waals surface area contributed by atoms with Crippen molar-refractivity contribution in [2.45, 2.75) is 17.9 Å². The molecular weight excluding hydrogens is 316 g/mol. The summed E-state index contributed by atoms with van der Waals surface area (Å²) in [5.74, 6) is 0.686. The lowest BCUT2D eigenvalue weighted by molar-refractivity contribution is 0.282. The molecule has 0 saturated heterocycles. The Morgan fingerprint density at radius 3 is 2.76 bits per heavy atom. The molecule has 2 N–H and O–H groups in total. The Morgan fingerprint density at radius 2 is 2.19 bits per heavy atom. The van der Waals surface area contributed by atoms with Crippen LogP contribution in [-0.4, -0.2) is 34.8 Å². The standard InChI is InChI=1S/C12H15ClN4O3S/c1-17-8-14-16-12(17)4-5-15-21(19,20)10-3-2-9(7-18)11(13)6-10/h2-3,6,8,15,18H,4-5,7H2,1H3. The SMILES string of the molecule is Cn1cnnc1CCNS(=O)(=O)c1ccc(CO)c(Cl)c1. The number of hydrogen-bond acceptors (Lipinski definition) is 5. The molecule has 0 bridgehead atoms. The first kappa shape index (κ1) is 15.9. The minimum Gasteiger partial charge on any atom is -0.392 e. The molecule has 9 heteroatoms. The molecule has 1 heterocycles. The van der Waals surface area contributed by atoms with Crippen LogP contribution >= 0.6 is 11.6 Å². The van der Waals surface area contributed by atoms with Gasteiger partial charge in [-0.05, 0) is 17.7 Å². The number of benzene rings is 1. The first-order chi connectivity index (χ1) is 9.94. The van der Waals surface area contributed by atoms with Gasteiger partial charge in [-0.2, -0.15) is 0 Å². The van der Waals surface area contributed by atoms with Crippen molar-refractivity contribution >= 4 is 21.6 Å². The van der Waals surface area contributed by atoms with Crippen LogP contribution in [0.1, 0.15) is 11.4 Å². The third-order valence-corrected chi connectivity index (χ3v) is 4.76. The van der Waals surface area contributed by atoms with Crippen molar-refractivity contribution in [2.24, 2.45) is 7.05 Å². The molecule has 114 valence electrons. The second-order valence-electron chi connectivity index (χ2n) is 4.42. The average Bonchev–Trinajstić information content (AvgIpc) is 2.84. The first-order valence-electron chi connectivity index (χ1n) is 6.16. The largest absolute Gasteiger partial charge is 0.392 e. The summed E-state index contributed by atoms with van der Waals surface area (Å²) in [6, 6.07) is 4.21. The summed E-state index contributed by atoms with van der Waals surface area (Å²) in [6.07, 6.45) is 1.98. The van der Waals surface area contributed by atoms with Crippen LogP contribution in [0.5, 0.6) is 0 Å². The molecule has 0 atom stereocenters. The zero-order valence-electron chi connectivity index (χ0n) is 11.3. The zero-order valence-corrected chi connectivity index (χ0v) is 12.9. The van der Waals surface area contributed by atoms with E-state index in [0.717, 1.165) is 0 Å². The molecule has 1 aromatic heterocycles. The molecule has 7 nitrogen and oxygen atoms in total. The van der Waals surface area contributed by atoms with Crippen LogP contribution in [0.25, 0.3) is 0 Å². The Hall–Kier alpha value is -1.48. The lowest BCUT2D eigenvalue weighted by Gasteiger charge is -2.08. The van der Waals surface area contributed by atoms with Crippen molar-refractivity contribution in [3.8, 4) is 0 Å². The van der Waals surface area contributed by atoms with Crippen molar-refractivity contribution in [1.82, 2.24) is 19.5 Å². The van der Waals surface area contributed by atoms with Gasteiger partial charge >= 0.3 is 0 Å². The molecule has 1 aromatic carbocycles. The van der Waals surface area contributed by atoms with E-state index in [2.05, 4.69) is 14.9 Å². The number of nitrogens with one attached hydrogen (secondary N) is 1. The fourth-order valence-electron chi connectivity index (χ4n) is 1.74. The highest BCUT2D eigenvalue weighted by Gasteiger charge is 2.15. The minimum atomic E-state index is -3.65. The van der Waals surface area contributed by atoms with E-state index in [-0.39, 0.29) is 23.1 Å². The van der Waals surface area contributed by atoms with Crippen LogP contribution in [0.4, 0.5) is 0 Å². The highest BCUT2D eigenvalue weighted by atomic mass is 35.5. The van der Waals surface area contributed by atoms with Crippen LogP contribution in [-0.2, 0) is 30.1 Å². The molecule has 0 amide bonds. The summed E-state index contributed by atoms with van der Waals surface area (Å²) in [5, 5.41) is 16.8. The maximum atomic E-state index is 12.1. The van der Waals surface area contributed by atoms with Gasteiger partial charge in [-0.25, -0.2) is 13.1 Å². The predicted molar refractivity (Wildman–Crippen MR) is 77.3 cm³/mol. The van der Waals surface area contributed by atoms with Gasteiger partial charge in [-0.1, -0.05) is 17.7 Å². The smallest absolute Gasteiger partial charge is 0.240 e. The second kappa shape index (κ2) is 6.52. The summed E-state index contributed by atoms with van der Waals surface area (Å²) in [7, 11) is -1.86. The number of aryl methyl sites for hydroxylation is 1. The summed E-state index contributed by atoms with van der Waals surface area (Å²) in [4.78, 5) is 0.0580. The van der Waals surface area contributed by atoms with E-state index in [1.54, 1.807) is 17.9 Å². The van der Waals surface area contributed by atoms with E-state index in [9.17, 15) is 8.42 Å². The van der Waals surface area contributed by atoms with Crippen LogP contribution in [0.2, 0.25) is 5.02 Å². The van der Waals surface area contributed by atoms with Gasteiger partial charge in [0, 0.05) is 25.0 Å². The topological polar surface area (TPSA) is 97.1 Å². The lowest BCUT2D eigenvalue weighted by Crippen LogP contribution is -2.26. The van der Waals surface area contributed by atoms with Crippen LogP contribution in [0.15, 0.2) is 29.4 Å². The first-order valence-corrected chi connectivity index (χ1v) is 8.02. The van der Waals surface area contributed by atoms with Gasteiger partial charge in [-0.15, -0.1) is 10.2 Å². The van der Waals surface area contributed by atoms with Gasteiger partial charge < -0.3 is 9.67 Å². The Morgan fingerprint density at radius 1 is 1.43 bits per heavy atom. The number of hydrogen-bond donors (Lipinski definition) is 2. The van der Waals surface area contributed by atoms with Crippen molar-refractivity contribution in [3.63, 3.8) is 0 Å². The fraction of sp³-hybridized carbons (Fsp3) is 0.333. The molecule has 2 aromatic rings. The Balaban J connectivity index is 2.05. The van der Waals surface area contributed by atoms with Crippen LogP contribution in [0.3, 0.4) is 0 Å². The summed E-state index contributed by atoms with van der Waals surface area (Å²) < 4.78 is 28.4. The van der Waals surface area contributed by atoms with E-state index >= 15 is 0 Å². The van der Waals surface area contributed by atoms with Gasteiger partial charge in [-0.3, -0.25) is 0 Å². The molecule has 0 spiro atoms. The van der Waals surface area contributed by atoms with Gasteiger partial charge in [0.15, 0.2) is 0 Å². The number of halogens is 1. The maximum Gasteiger partial charge on any atom is 0.240 e. The fourth-order valence-corrected chi connectivity index (χ4v) is 3.10. The maximum absolute atomic E-state index is 12.1. The van der Waals surface area contributed by atoms with Crippen LogP contribution < -0.4 is 4.72 Å². The molecule has 2 rings (SSSR count). The zero-order chi connectivity index (χ0) is 15.5. The molecule has 0 saturated carbocycles. The molecule has 0 aliphatic heterocycles. The number of aliphatic hydroxyl groups excluding tert-OH is 1. The summed E-state index contributed by atoms with van der Waals surface area (Å²) >= 11 is 5.90. The third kappa shape index (κ3) is 3.79. The molecule has 0 aliphatic carbocycles. The Bertz CT molecular complexity index is 730. The second-order valence-corrected chi connectivity index (χ2v) is 6.59. The average molecular weight is 331 g/mol. The number of rotatable bonds is 6. The van der Waals surface area contributed by atoms with Gasteiger partial charge in [0.2, 0.25) is 10.0 Å². The monoisotopic (exact) mass is 330 g/mol. The summed E-state index contributed by atoms with van der Waals surface area (Å²) in [6.45, 7) is -0.0347. The van der Waals surface area contributed by atoms with E-state index in [0.29, 0.717) is 17.8 Å². The highest BCUT2D eigenvalue weighted by molar-refractivity contribution is 7.89. The van der Waals surface area contributed by atoms with Crippen LogP contribution in [0, 0.1) is 0 Å². The van der Waals surface area contributed by atoms with Crippen molar-refractivity contribution in [2.75, 3.05) is 6.54 Å². The number of aliphatic hydroxyl groups is 1. The minimum absolute atomic E-state index is 0.0580. The van der Waals surface area contributed by atoms with E-state index in [4.69, 9.17) is 16.7 Å². The van der Waals surface area contributed by atoms with Crippen molar-refractivity contribution in [3.05, 3.63) is 40.9 Å². The molecule has 21 heavy (non-hydrogen) atoms. The molecule has 0 unspecified atom stereocenters. The molecular formula is C12H15ClN4O3S. The number of aromatic nitrogens is 3. The normalized spacial score (nSPS) is 11.8. The lowest BCUT2D eigenvalue weighted by atomic mass is 10.2. The van der Waals surface area contributed by atoms with Gasteiger partial charge in [0.1, 0.15) is 12.2 Å².